The molecule has 0 fully saturated rings. The highest BCUT2D eigenvalue weighted by Crippen LogP contribution is 2.27. The number of methoxy groups -OCH3 is 1. The zero-order valence-electron chi connectivity index (χ0n) is 24.2. The molecule has 10 heteroatoms. The molecule has 3 aromatic rings. The molecule has 0 unspecified atom stereocenters. The van der Waals surface area contributed by atoms with E-state index in [1.165, 1.54) is 29.2 Å². The van der Waals surface area contributed by atoms with Gasteiger partial charge in [-0.3, -0.25) is 13.9 Å². The number of amides is 2. The van der Waals surface area contributed by atoms with Crippen LogP contribution >= 0.6 is 11.6 Å². The molecule has 8 nitrogen and oxygen atoms in total. The number of nitrogens with zero attached hydrogens (tertiary/aromatic N) is 2. The Morgan fingerprint density at radius 3 is 2.34 bits per heavy atom. The third-order valence-electron chi connectivity index (χ3n) is 6.94. The van der Waals surface area contributed by atoms with Crippen molar-refractivity contribution in [2.45, 2.75) is 58.0 Å². The Hall–Kier alpha value is -3.56. The Morgan fingerprint density at radius 2 is 1.71 bits per heavy atom. The first-order valence-corrected chi connectivity index (χ1v) is 15.4. The summed E-state index contributed by atoms with van der Waals surface area (Å²) in [5.41, 5.74) is 2.95. The number of unbranched alkanes of at least 4 members (excludes halogenated alkanes) is 1. The Kier molecular flexibility index (Phi) is 11.2. The van der Waals surface area contributed by atoms with Gasteiger partial charge in [0.2, 0.25) is 11.8 Å². The molecular formula is C31H38ClN3O5S. The van der Waals surface area contributed by atoms with E-state index in [1.54, 1.807) is 44.4 Å². The standard InChI is InChI=1S/C31H38ClN3O5S/c1-6-7-17-33-31(37)24(4)34(20-25-9-8-10-28(19-25)40-5)30(36)21-35(27-14-11-22(2)23(3)18-27)41(38,39)29-15-12-26(32)13-16-29/h8-16,18-19,24H,6-7,17,20-21H2,1-5H3,(H,33,37)/t24-/m1/s1. The van der Waals surface area contributed by atoms with Gasteiger partial charge in [-0.25, -0.2) is 8.42 Å². The van der Waals surface area contributed by atoms with Gasteiger partial charge in [0.05, 0.1) is 17.7 Å². The molecule has 41 heavy (non-hydrogen) atoms. The number of carbonyl (C=O) groups is 2. The predicted molar refractivity (Wildman–Crippen MR) is 163 cm³/mol. The summed E-state index contributed by atoms with van der Waals surface area (Å²) < 4.78 is 34.3. The van der Waals surface area contributed by atoms with E-state index in [0.29, 0.717) is 23.0 Å². The van der Waals surface area contributed by atoms with Gasteiger partial charge in [0.25, 0.3) is 10.0 Å². The molecule has 0 heterocycles. The molecule has 1 N–H and O–H groups in total. The molecular weight excluding hydrogens is 562 g/mol. The lowest BCUT2D eigenvalue weighted by Crippen LogP contribution is -2.51. The lowest BCUT2D eigenvalue weighted by atomic mass is 10.1. The van der Waals surface area contributed by atoms with Gasteiger partial charge in [-0.15, -0.1) is 0 Å². The molecule has 0 aliphatic carbocycles. The second-order valence-electron chi connectivity index (χ2n) is 9.93. The normalized spacial score (nSPS) is 12.0. The molecule has 3 aromatic carbocycles. The average Bonchev–Trinajstić information content (AvgIpc) is 2.96. The fourth-order valence-corrected chi connectivity index (χ4v) is 5.76. The molecule has 2 amide bonds. The summed E-state index contributed by atoms with van der Waals surface area (Å²) >= 11 is 6.01. The number of rotatable bonds is 13. The molecule has 0 saturated carbocycles. The molecule has 0 saturated heterocycles. The van der Waals surface area contributed by atoms with Crippen LogP contribution in [0.15, 0.2) is 71.6 Å². The maximum atomic E-state index is 14.0. The number of aryl methyl sites for hydroxylation is 2. The second kappa shape index (κ2) is 14.4. The average molecular weight is 600 g/mol. The molecule has 3 rings (SSSR count). The topological polar surface area (TPSA) is 96.0 Å². The van der Waals surface area contributed by atoms with Crippen LogP contribution in [0.5, 0.6) is 5.75 Å². The number of nitrogens with one attached hydrogen (secondary N) is 1. The summed E-state index contributed by atoms with van der Waals surface area (Å²) in [6, 6.07) is 17.4. The minimum absolute atomic E-state index is 0.00219. The van der Waals surface area contributed by atoms with Crippen molar-refractivity contribution in [1.29, 1.82) is 0 Å². The van der Waals surface area contributed by atoms with Crippen molar-refractivity contribution in [3.05, 3.63) is 88.4 Å². The molecule has 0 aromatic heterocycles. The van der Waals surface area contributed by atoms with E-state index >= 15 is 0 Å². The zero-order chi connectivity index (χ0) is 30.2. The number of sulfonamides is 1. The Balaban J connectivity index is 2.03. The first-order chi connectivity index (χ1) is 19.5. The van der Waals surface area contributed by atoms with Gasteiger partial charge in [0.15, 0.2) is 0 Å². The smallest absolute Gasteiger partial charge is 0.264 e. The Morgan fingerprint density at radius 1 is 1.00 bits per heavy atom. The van der Waals surface area contributed by atoms with Gasteiger partial charge in [-0.2, -0.15) is 0 Å². The number of hydrogen-bond acceptors (Lipinski definition) is 5. The first-order valence-electron chi connectivity index (χ1n) is 13.5. The minimum Gasteiger partial charge on any atom is -0.497 e. The fraction of sp³-hybridized carbons (Fsp3) is 0.355. The number of anilines is 1. The zero-order valence-corrected chi connectivity index (χ0v) is 25.8. The van der Waals surface area contributed by atoms with Gasteiger partial charge in [0.1, 0.15) is 18.3 Å². The lowest BCUT2D eigenvalue weighted by Gasteiger charge is -2.32. The highest BCUT2D eigenvalue weighted by Gasteiger charge is 2.32. The lowest BCUT2D eigenvalue weighted by molar-refractivity contribution is -0.139. The van der Waals surface area contributed by atoms with Crippen molar-refractivity contribution in [2.24, 2.45) is 0 Å². The molecule has 0 radical (unpaired) electrons. The van der Waals surface area contributed by atoms with Crippen LogP contribution in [0, 0.1) is 13.8 Å². The van der Waals surface area contributed by atoms with Gasteiger partial charge >= 0.3 is 0 Å². The highest BCUT2D eigenvalue weighted by molar-refractivity contribution is 7.92. The van der Waals surface area contributed by atoms with Crippen molar-refractivity contribution in [3.8, 4) is 5.75 Å². The number of halogens is 1. The molecule has 0 aliphatic rings. The van der Waals surface area contributed by atoms with Gasteiger partial charge in [-0.1, -0.05) is 43.1 Å². The van der Waals surface area contributed by atoms with Crippen LogP contribution in [0.2, 0.25) is 5.02 Å². The van der Waals surface area contributed by atoms with Crippen LogP contribution in [0.3, 0.4) is 0 Å². The quantitative estimate of drug-likeness (QED) is 0.262. The van der Waals surface area contributed by atoms with Crippen LogP contribution in [0.1, 0.15) is 43.4 Å². The highest BCUT2D eigenvalue weighted by atomic mass is 35.5. The summed E-state index contributed by atoms with van der Waals surface area (Å²) in [5, 5.41) is 3.28. The number of benzene rings is 3. The molecule has 1 atom stereocenters. The van der Waals surface area contributed by atoms with E-state index in [0.717, 1.165) is 33.8 Å². The SMILES string of the molecule is CCCCNC(=O)[C@@H](C)N(Cc1cccc(OC)c1)C(=O)CN(c1ccc(C)c(C)c1)S(=O)(=O)c1ccc(Cl)cc1. The van der Waals surface area contributed by atoms with Crippen molar-refractivity contribution in [2.75, 3.05) is 24.5 Å². The predicted octanol–water partition coefficient (Wildman–Crippen LogP) is 5.49. The first kappa shape index (κ1) is 32.0. The second-order valence-corrected chi connectivity index (χ2v) is 12.2. The Labute approximate surface area is 248 Å². The van der Waals surface area contributed by atoms with Crippen LogP contribution in [0.4, 0.5) is 5.69 Å². The van der Waals surface area contributed by atoms with Crippen molar-refractivity contribution >= 4 is 39.1 Å². The summed E-state index contributed by atoms with van der Waals surface area (Å²) in [5.74, 6) is -0.230. The number of hydrogen-bond donors (Lipinski definition) is 1. The fourth-order valence-electron chi connectivity index (χ4n) is 4.23. The third-order valence-corrected chi connectivity index (χ3v) is 8.98. The molecule has 0 bridgehead atoms. The van der Waals surface area contributed by atoms with E-state index in [9.17, 15) is 18.0 Å². The van der Waals surface area contributed by atoms with Gasteiger partial charge < -0.3 is 15.0 Å². The van der Waals surface area contributed by atoms with Crippen LogP contribution < -0.4 is 14.4 Å². The minimum atomic E-state index is -4.17. The van der Waals surface area contributed by atoms with Crippen molar-refractivity contribution in [1.82, 2.24) is 10.2 Å². The summed E-state index contributed by atoms with van der Waals surface area (Å²) in [4.78, 5) is 28.5. The van der Waals surface area contributed by atoms with Crippen molar-refractivity contribution < 1.29 is 22.7 Å². The van der Waals surface area contributed by atoms with E-state index in [2.05, 4.69) is 5.32 Å². The number of carbonyl (C=O) groups excluding carboxylic acids is 2. The van der Waals surface area contributed by atoms with Crippen LogP contribution in [0.25, 0.3) is 0 Å². The van der Waals surface area contributed by atoms with Crippen LogP contribution in [-0.4, -0.2) is 51.4 Å². The monoisotopic (exact) mass is 599 g/mol. The Bertz CT molecular complexity index is 1460. The van der Waals surface area contributed by atoms with Gasteiger partial charge in [-0.05, 0) is 92.4 Å². The van der Waals surface area contributed by atoms with Gasteiger partial charge in [0, 0.05) is 18.1 Å². The largest absolute Gasteiger partial charge is 0.497 e. The van der Waals surface area contributed by atoms with E-state index < -0.39 is 28.5 Å². The maximum absolute atomic E-state index is 14.0. The maximum Gasteiger partial charge on any atom is 0.264 e. The summed E-state index contributed by atoms with van der Waals surface area (Å²) in [6.07, 6.45) is 1.72. The molecule has 0 spiro atoms. The third kappa shape index (κ3) is 8.24. The van der Waals surface area contributed by atoms with E-state index in [1.807, 2.05) is 32.9 Å². The van der Waals surface area contributed by atoms with Crippen LogP contribution in [-0.2, 0) is 26.2 Å². The summed E-state index contributed by atoms with van der Waals surface area (Å²) in [6.45, 7) is 7.54. The molecule has 220 valence electrons. The molecule has 0 aliphatic heterocycles. The number of ether oxygens (including phenoxy) is 1. The van der Waals surface area contributed by atoms with Crippen molar-refractivity contribution in [3.63, 3.8) is 0 Å². The summed E-state index contributed by atoms with van der Waals surface area (Å²) in [7, 11) is -2.62. The van der Waals surface area contributed by atoms with E-state index in [4.69, 9.17) is 16.3 Å². The van der Waals surface area contributed by atoms with E-state index in [-0.39, 0.29) is 17.3 Å².